The van der Waals surface area contributed by atoms with E-state index in [1.54, 1.807) is 19.1 Å². The molecule has 0 aromatic heterocycles. The Balaban J connectivity index is 1.60. The molecule has 1 fully saturated rings. The van der Waals surface area contributed by atoms with Crippen molar-refractivity contribution in [2.75, 3.05) is 19.6 Å². The number of benzene rings is 3. The lowest BCUT2D eigenvalue weighted by Crippen LogP contribution is -3.11. The molecule has 0 radical (unpaired) electrons. The second kappa shape index (κ2) is 8.63. The summed E-state index contributed by atoms with van der Waals surface area (Å²) in [6.07, 6.45) is 2.38. The monoisotopic (exact) mass is 404 g/mol. The van der Waals surface area contributed by atoms with Gasteiger partial charge in [-0.05, 0) is 23.8 Å². The molecule has 1 heterocycles. The van der Waals surface area contributed by atoms with Gasteiger partial charge in [-0.1, -0.05) is 48.5 Å². The topological polar surface area (TPSA) is 76.7 Å². The van der Waals surface area contributed by atoms with E-state index < -0.39 is 4.92 Å². The maximum Gasteiger partial charge on any atom is 0.273 e. The second-order valence-electron chi connectivity index (χ2n) is 7.95. The van der Waals surface area contributed by atoms with Crippen molar-refractivity contribution in [3.63, 3.8) is 0 Å². The molecule has 1 saturated heterocycles. The number of rotatable bonds is 6. The normalized spacial score (nSPS) is 15.2. The molecule has 0 unspecified atom stereocenters. The van der Waals surface area contributed by atoms with Gasteiger partial charge >= 0.3 is 0 Å². The smallest absolute Gasteiger partial charge is 0.273 e. The summed E-state index contributed by atoms with van der Waals surface area (Å²) in [7, 11) is 0. The largest absolute Gasteiger partial charge is 0.346 e. The fraction of sp³-hybridized carbons (Fsp3) is 0.292. The van der Waals surface area contributed by atoms with Crippen LogP contribution in [0.2, 0.25) is 0 Å². The van der Waals surface area contributed by atoms with Gasteiger partial charge in [-0.3, -0.25) is 14.9 Å². The molecule has 2 N–H and O–H groups in total. The number of hydrogen-bond acceptors (Lipinski definition) is 3. The van der Waals surface area contributed by atoms with E-state index in [4.69, 9.17) is 0 Å². The minimum atomic E-state index is -0.445. The number of nitro benzene ring substituents is 1. The summed E-state index contributed by atoms with van der Waals surface area (Å²) < 4.78 is 0. The van der Waals surface area contributed by atoms with Crippen LogP contribution in [0.5, 0.6) is 0 Å². The third-order valence-corrected chi connectivity index (χ3v) is 6.07. The van der Waals surface area contributed by atoms with E-state index in [-0.39, 0.29) is 17.6 Å². The van der Waals surface area contributed by atoms with Crippen molar-refractivity contribution in [2.24, 2.45) is 0 Å². The quantitative estimate of drug-likeness (QED) is 0.489. The van der Waals surface area contributed by atoms with Crippen LogP contribution in [0.1, 0.15) is 40.4 Å². The van der Waals surface area contributed by atoms with Gasteiger partial charge < -0.3 is 10.2 Å². The van der Waals surface area contributed by atoms with E-state index in [0.717, 1.165) is 13.1 Å². The molecule has 1 amide bonds. The van der Waals surface area contributed by atoms with E-state index in [2.05, 4.69) is 35.6 Å². The van der Waals surface area contributed by atoms with Gasteiger partial charge in [0, 0.05) is 35.6 Å². The van der Waals surface area contributed by atoms with Gasteiger partial charge in [0.2, 0.25) is 0 Å². The van der Waals surface area contributed by atoms with Crippen LogP contribution in [-0.4, -0.2) is 30.5 Å². The number of carbonyl (C=O) groups is 1. The van der Waals surface area contributed by atoms with Crippen LogP contribution in [0.15, 0.2) is 60.7 Å². The van der Waals surface area contributed by atoms with Gasteiger partial charge in [0.1, 0.15) is 6.04 Å². The molecule has 0 aliphatic carbocycles. The van der Waals surface area contributed by atoms with Crippen molar-refractivity contribution < 1.29 is 14.6 Å². The Morgan fingerprint density at radius 3 is 2.60 bits per heavy atom. The minimum Gasteiger partial charge on any atom is -0.346 e. The summed E-state index contributed by atoms with van der Waals surface area (Å²) in [5, 5.41) is 16.7. The van der Waals surface area contributed by atoms with Gasteiger partial charge in [0.05, 0.1) is 24.6 Å². The van der Waals surface area contributed by atoms with E-state index in [0.29, 0.717) is 17.7 Å². The maximum absolute atomic E-state index is 12.8. The van der Waals surface area contributed by atoms with Crippen molar-refractivity contribution in [1.82, 2.24) is 5.32 Å². The van der Waals surface area contributed by atoms with Crippen molar-refractivity contribution >= 4 is 22.4 Å². The first-order valence-corrected chi connectivity index (χ1v) is 10.4. The molecule has 154 valence electrons. The standard InChI is InChI=1S/C24H25N3O3/c1-17-11-12-19(15-22(17)27(29)30)24(28)25-16-23(26-13-4-5-14-26)21-10-6-8-18-7-2-3-9-20(18)21/h2-3,6-12,15,23H,4-5,13-14,16H2,1H3,(H,25,28)/p+1/t23-/m0/s1. The van der Waals surface area contributed by atoms with Crippen molar-refractivity contribution in [3.8, 4) is 0 Å². The van der Waals surface area contributed by atoms with Crippen LogP contribution in [0.3, 0.4) is 0 Å². The highest BCUT2D eigenvalue weighted by molar-refractivity contribution is 5.95. The van der Waals surface area contributed by atoms with Crippen LogP contribution in [0.4, 0.5) is 5.69 Å². The van der Waals surface area contributed by atoms with Gasteiger partial charge in [-0.15, -0.1) is 0 Å². The Hall–Kier alpha value is -3.25. The average Bonchev–Trinajstić information content (AvgIpc) is 3.28. The van der Waals surface area contributed by atoms with Crippen LogP contribution in [0.25, 0.3) is 10.8 Å². The lowest BCUT2D eigenvalue weighted by Gasteiger charge is -2.26. The van der Waals surface area contributed by atoms with Crippen LogP contribution >= 0.6 is 0 Å². The number of carbonyl (C=O) groups excluding carboxylic acids is 1. The summed E-state index contributed by atoms with van der Waals surface area (Å²) in [6.45, 7) is 4.33. The summed E-state index contributed by atoms with van der Waals surface area (Å²) in [4.78, 5) is 25.0. The summed E-state index contributed by atoms with van der Waals surface area (Å²) in [5.41, 5.74) is 2.07. The minimum absolute atomic E-state index is 0.0292. The summed E-state index contributed by atoms with van der Waals surface area (Å²) in [5.74, 6) is -0.276. The lowest BCUT2D eigenvalue weighted by molar-refractivity contribution is -0.918. The van der Waals surface area contributed by atoms with Crippen molar-refractivity contribution in [3.05, 3.63) is 87.5 Å². The van der Waals surface area contributed by atoms with E-state index in [1.165, 1.54) is 40.1 Å². The predicted molar refractivity (Wildman–Crippen MR) is 117 cm³/mol. The Labute approximate surface area is 175 Å². The molecule has 6 heteroatoms. The molecular weight excluding hydrogens is 378 g/mol. The SMILES string of the molecule is Cc1ccc(C(=O)NC[C@@H](c2cccc3ccccc23)[NH+]2CCCC2)cc1[N+](=O)[O-]. The lowest BCUT2D eigenvalue weighted by atomic mass is 9.97. The average molecular weight is 404 g/mol. The Morgan fingerprint density at radius 2 is 1.83 bits per heavy atom. The van der Waals surface area contributed by atoms with E-state index in [1.807, 2.05) is 12.1 Å². The van der Waals surface area contributed by atoms with Gasteiger partial charge in [-0.25, -0.2) is 0 Å². The zero-order valence-electron chi connectivity index (χ0n) is 17.1. The first-order valence-electron chi connectivity index (χ1n) is 10.4. The highest BCUT2D eigenvalue weighted by Gasteiger charge is 2.29. The molecule has 1 aliphatic heterocycles. The molecule has 30 heavy (non-hydrogen) atoms. The highest BCUT2D eigenvalue weighted by Crippen LogP contribution is 2.24. The van der Waals surface area contributed by atoms with Crippen LogP contribution in [-0.2, 0) is 0 Å². The molecule has 0 bridgehead atoms. The zero-order valence-corrected chi connectivity index (χ0v) is 17.1. The zero-order chi connectivity index (χ0) is 21.1. The van der Waals surface area contributed by atoms with Gasteiger partial charge in [0.25, 0.3) is 11.6 Å². The molecular formula is C24H26N3O3+. The third-order valence-electron chi connectivity index (χ3n) is 6.07. The Bertz CT molecular complexity index is 1080. The molecule has 1 atom stereocenters. The van der Waals surface area contributed by atoms with Crippen molar-refractivity contribution in [1.29, 1.82) is 0 Å². The highest BCUT2D eigenvalue weighted by atomic mass is 16.6. The van der Waals surface area contributed by atoms with Gasteiger partial charge in [0.15, 0.2) is 0 Å². The maximum atomic E-state index is 12.8. The third kappa shape index (κ3) is 4.04. The molecule has 0 saturated carbocycles. The number of likely N-dealkylation sites (tertiary alicyclic amines) is 1. The number of nitro groups is 1. The number of quaternary nitrogens is 1. The Kier molecular flexibility index (Phi) is 5.77. The molecule has 6 nitrogen and oxygen atoms in total. The first-order chi connectivity index (χ1) is 14.5. The molecule has 1 aliphatic rings. The number of nitrogens with zero attached hydrogens (tertiary/aromatic N) is 1. The molecule has 3 aromatic carbocycles. The number of amides is 1. The number of hydrogen-bond donors (Lipinski definition) is 2. The van der Waals surface area contributed by atoms with Crippen molar-refractivity contribution in [2.45, 2.75) is 25.8 Å². The summed E-state index contributed by atoms with van der Waals surface area (Å²) in [6, 6.07) is 19.4. The molecule has 0 spiro atoms. The first kappa shape index (κ1) is 20.0. The Morgan fingerprint density at radius 1 is 1.10 bits per heavy atom. The fourth-order valence-electron chi connectivity index (χ4n) is 4.45. The predicted octanol–water partition coefficient (Wildman–Crippen LogP) is 3.21. The number of aryl methyl sites for hydroxylation is 1. The van der Waals surface area contributed by atoms with E-state index >= 15 is 0 Å². The second-order valence-corrected chi connectivity index (χ2v) is 7.95. The van der Waals surface area contributed by atoms with Gasteiger partial charge in [-0.2, -0.15) is 0 Å². The molecule has 3 aromatic rings. The number of nitrogens with one attached hydrogen (secondary N) is 2. The van der Waals surface area contributed by atoms with Crippen LogP contribution < -0.4 is 10.2 Å². The van der Waals surface area contributed by atoms with Crippen LogP contribution in [0, 0.1) is 17.0 Å². The summed E-state index contributed by atoms with van der Waals surface area (Å²) >= 11 is 0. The fourth-order valence-corrected chi connectivity index (χ4v) is 4.45. The molecule has 4 rings (SSSR count). The van der Waals surface area contributed by atoms with E-state index in [9.17, 15) is 14.9 Å². The number of fused-ring (bicyclic) bond motifs is 1.